The molecule has 1 unspecified atom stereocenters. The molecule has 0 bridgehead atoms. The Bertz CT molecular complexity index is 865. The highest BCUT2D eigenvalue weighted by Crippen LogP contribution is 2.60. The molecule has 0 amide bonds. The van der Waals surface area contributed by atoms with Crippen molar-refractivity contribution < 1.29 is 23.1 Å². The Morgan fingerprint density at radius 3 is 2.14 bits per heavy atom. The Morgan fingerprint density at radius 1 is 1.03 bits per heavy atom. The molecule has 2 aromatic carbocycles. The molecule has 0 fully saturated rings. The molecule has 0 aliphatic rings. The van der Waals surface area contributed by atoms with E-state index in [0.717, 1.165) is 0 Å². The molecule has 0 radical (unpaired) electrons. The van der Waals surface area contributed by atoms with Gasteiger partial charge >= 0.3 is 7.60 Å². The topological polar surface area (TPSA) is 116 Å². The molecule has 2 rings (SSSR count). The van der Waals surface area contributed by atoms with Gasteiger partial charge in [-0.15, -0.1) is 0 Å². The highest BCUT2D eigenvalue weighted by atomic mass is 31.2. The number of rotatable bonds is 11. The third-order valence-electron chi connectivity index (χ3n) is 4.21. The van der Waals surface area contributed by atoms with Crippen molar-refractivity contribution in [3.8, 4) is 11.5 Å². The molecule has 0 aromatic heterocycles. The van der Waals surface area contributed by atoms with Crippen molar-refractivity contribution in [3.63, 3.8) is 0 Å². The first-order valence-electron chi connectivity index (χ1n) is 9.20. The van der Waals surface area contributed by atoms with Crippen molar-refractivity contribution in [3.05, 3.63) is 53.6 Å². The van der Waals surface area contributed by atoms with Gasteiger partial charge in [0.1, 0.15) is 5.84 Å². The standard InChI is InChI=1S/C20H28N3O5P/c1-5-27-17-12-9-15(13-18(17)28-6-2)20(29(24,25-3)26-4)23-16-10-7-14(8-11-16)19(21)22/h7-13,20,23H,5-6H2,1-4H3,(H3,21,22). The van der Waals surface area contributed by atoms with Crippen molar-refractivity contribution in [1.29, 1.82) is 5.41 Å². The maximum Gasteiger partial charge on any atom is 0.356 e. The molecule has 158 valence electrons. The average molecular weight is 421 g/mol. The van der Waals surface area contributed by atoms with Crippen molar-refractivity contribution >= 4 is 19.1 Å². The van der Waals surface area contributed by atoms with Gasteiger partial charge in [-0.2, -0.15) is 0 Å². The Labute approximate surface area is 171 Å². The van der Waals surface area contributed by atoms with Crippen LogP contribution in [0.4, 0.5) is 5.69 Å². The Morgan fingerprint density at radius 2 is 1.62 bits per heavy atom. The summed E-state index contributed by atoms with van der Waals surface area (Å²) in [6.07, 6.45) is 0. The maximum absolute atomic E-state index is 13.3. The smallest absolute Gasteiger partial charge is 0.356 e. The molecule has 0 spiro atoms. The van der Waals surface area contributed by atoms with Crippen molar-refractivity contribution in [2.45, 2.75) is 19.6 Å². The molecule has 9 heteroatoms. The van der Waals surface area contributed by atoms with Gasteiger partial charge in [-0.25, -0.2) is 0 Å². The summed E-state index contributed by atoms with van der Waals surface area (Å²) in [4.78, 5) is 0. The monoisotopic (exact) mass is 421 g/mol. The van der Waals surface area contributed by atoms with E-state index in [1.54, 1.807) is 42.5 Å². The first-order valence-corrected chi connectivity index (χ1v) is 10.8. The number of anilines is 1. The average Bonchev–Trinajstić information content (AvgIpc) is 2.73. The third kappa shape index (κ3) is 5.50. The van der Waals surface area contributed by atoms with Crippen LogP contribution in [0.15, 0.2) is 42.5 Å². The molecular weight excluding hydrogens is 393 g/mol. The predicted octanol–water partition coefficient (Wildman–Crippen LogP) is 4.36. The summed E-state index contributed by atoms with van der Waals surface area (Å²) >= 11 is 0. The molecule has 1 atom stereocenters. The van der Waals surface area contributed by atoms with Crippen LogP contribution in [-0.4, -0.2) is 33.3 Å². The molecular formula is C20H28N3O5P. The highest BCUT2D eigenvalue weighted by Gasteiger charge is 2.36. The minimum absolute atomic E-state index is 0.0274. The summed E-state index contributed by atoms with van der Waals surface area (Å²) in [7, 11) is -0.867. The van der Waals surface area contributed by atoms with Crippen molar-refractivity contribution in [1.82, 2.24) is 0 Å². The lowest BCUT2D eigenvalue weighted by atomic mass is 10.1. The van der Waals surface area contributed by atoms with Crippen molar-refractivity contribution in [2.24, 2.45) is 5.73 Å². The molecule has 0 saturated heterocycles. The normalized spacial score (nSPS) is 12.3. The Hall–Kier alpha value is -2.54. The van der Waals surface area contributed by atoms with Crippen molar-refractivity contribution in [2.75, 3.05) is 32.8 Å². The van der Waals surface area contributed by atoms with Gasteiger partial charge in [0.05, 0.1) is 13.2 Å². The van der Waals surface area contributed by atoms with Crippen LogP contribution in [0.5, 0.6) is 11.5 Å². The lowest BCUT2D eigenvalue weighted by Gasteiger charge is -2.27. The molecule has 8 nitrogen and oxygen atoms in total. The summed E-state index contributed by atoms with van der Waals surface area (Å²) < 4.78 is 35.1. The van der Waals surface area contributed by atoms with Crippen LogP contribution in [0.25, 0.3) is 0 Å². The molecule has 0 heterocycles. The fraction of sp³-hybridized carbons (Fsp3) is 0.350. The van der Waals surface area contributed by atoms with Gasteiger partial charge in [0.15, 0.2) is 17.3 Å². The van der Waals surface area contributed by atoms with Crippen LogP contribution >= 0.6 is 7.60 Å². The number of hydrogen-bond donors (Lipinski definition) is 3. The molecule has 0 aliphatic carbocycles. The van der Waals surface area contributed by atoms with E-state index in [0.29, 0.717) is 41.5 Å². The van der Waals surface area contributed by atoms with E-state index >= 15 is 0 Å². The van der Waals surface area contributed by atoms with Gasteiger partial charge in [-0.3, -0.25) is 9.97 Å². The van der Waals surface area contributed by atoms with Crippen LogP contribution in [0.2, 0.25) is 0 Å². The summed E-state index contributed by atoms with van der Waals surface area (Å²) in [5.41, 5.74) is 7.42. The Kier molecular flexibility index (Phi) is 8.08. The van der Waals surface area contributed by atoms with Crippen LogP contribution < -0.4 is 20.5 Å². The van der Waals surface area contributed by atoms with E-state index < -0.39 is 13.4 Å². The number of nitrogen functional groups attached to an aromatic ring is 1. The second kappa shape index (κ2) is 10.3. The molecule has 4 N–H and O–H groups in total. The predicted molar refractivity (Wildman–Crippen MR) is 114 cm³/mol. The zero-order valence-corrected chi connectivity index (χ0v) is 18.0. The van der Waals surface area contributed by atoms with E-state index in [1.165, 1.54) is 14.2 Å². The summed E-state index contributed by atoms with van der Waals surface area (Å²) in [6, 6.07) is 12.2. The lowest BCUT2D eigenvalue weighted by Crippen LogP contribution is -2.15. The molecule has 0 saturated carbocycles. The van der Waals surface area contributed by atoms with Gasteiger partial charge in [-0.1, -0.05) is 6.07 Å². The first-order chi connectivity index (χ1) is 13.9. The van der Waals surface area contributed by atoms with Crippen LogP contribution in [0.1, 0.15) is 30.8 Å². The SMILES string of the molecule is CCOc1ccc(C(Nc2ccc(C(=N)N)cc2)P(=O)(OC)OC)cc1OCC. The minimum Gasteiger partial charge on any atom is -0.490 e. The summed E-state index contributed by atoms with van der Waals surface area (Å²) in [5, 5.41) is 10.7. The number of nitrogens with two attached hydrogens (primary N) is 1. The zero-order chi connectivity index (χ0) is 21.4. The maximum atomic E-state index is 13.3. The second-order valence-electron chi connectivity index (χ2n) is 6.02. The number of amidine groups is 1. The van der Waals surface area contributed by atoms with E-state index in [2.05, 4.69) is 5.32 Å². The van der Waals surface area contributed by atoms with Gasteiger partial charge in [0.25, 0.3) is 0 Å². The zero-order valence-electron chi connectivity index (χ0n) is 17.1. The number of nitrogens with one attached hydrogen (secondary N) is 2. The second-order valence-corrected chi connectivity index (χ2v) is 8.34. The van der Waals surface area contributed by atoms with E-state index in [-0.39, 0.29) is 5.84 Å². The molecule has 0 aliphatic heterocycles. The highest BCUT2D eigenvalue weighted by molar-refractivity contribution is 7.54. The van der Waals surface area contributed by atoms with E-state index in [1.807, 2.05) is 13.8 Å². The largest absolute Gasteiger partial charge is 0.490 e. The first kappa shape index (κ1) is 22.7. The third-order valence-corrected chi connectivity index (χ3v) is 6.29. The van der Waals surface area contributed by atoms with Crippen LogP contribution in [0.3, 0.4) is 0 Å². The van der Waals surface area contributed by atoms with Crippen LogP contribution in [-0.2, 0) is 13.6 Å². The van der Waals surface area contributed by atoms with E-state index in [9.17, 15) is 4.57 Å². The molecule has 2 aromatic rings. The van der Waals surface area contributed by atoms with Crippen LogP contribution in [0, 0.1) is 5.41 Å². The van der Waals surface area contributed by atoms with Gasteiger partial charge in [0, 0.05) is 25.5 Å². The van der Waals surface area contributed by atoms with Gasteiger partial charge < -0.3 is 29.6 Å². The number of benzene rings is 2. The summed E-state index contributed by atoms with van der Waals surface area (Å²) in [5.74, 6) is 0.327. The Balaban J connectivity index is 2.46. The number of hydrogen-bond acceptors (Lipinski definition) is 7. The summed E-state index contributed by atoms with van der Waals surface area (Å²) in [6.45, 7) is 4.73. The van der Waals surface area contributed by atoms with Gasteiger partial charge in [0.2, 0.25) is 0 Å². The lowest BCUT2D eigenvalue weighted by molar-refractivity contribution is 0.268. The molecule has 29 heavy (non-hydrogen) atoms. The van der Waals surface area contributed by atoms with Gasteiger partial charge in [-0.05, 0) is 55.8 Å². The van der Waals surface area contributed by atoms with E-state index in [4.69, 9.17) is 29.7 Å². The quantitative estimate of drug-likeness (QED) is 0.280. The number of ether oxygens (including phenoxy) is 2. The minimum atomic E-state index is -3.55. The fourth-order valence-electron chi connectivity index (χ4n) is 2.77. The fourth-order valence-corrected chi connectivity index (χ4v) is 4.18.